The van der Waals surface area contributed by atoms with E-state index in [9.17, 15) is 9.90 Å². The van der Waals surface area contributed by atoms with Crippen LogP contribution in [-0.2, 0) is 9.53 Å². The van der Waals surface area contributed by atoms with Gasteiger partial charge in [-0.3, -0.25) is 0 Å². The summed E-state index contributed by atoms with van der Waals surface area (Å²) in [7, 11) is 0. The molecule has 1 fully saturated rings. The number of fused-ring (bicyclic) bond motifs is 1. The van der Waals surface area contributed by atoms with E-state index in [4.69, 9.17) is 16.3 Å². The van der Waals surface area contributed by atoms with E-state index in [0.717, 1.165) is 18.1 Å². The molecular formula is C15H18ClN3O3. The summed E-state index contributed by atoms with van der Waals surface area (Å²) in [6, 6.07) is 1.78. The van der Waals surface area contributed by atoms with E-state index in [1.807, 2.05) is 16.8 Å². The molecule has 0 radical (unpaired) electrons. The lowest BCUT2D eigenvalue weighted by Gasteiger charge is -2.30. The largest absolute Gasteiger partial charge is 0.366 e. The molecule has 1 aliphatic rings. The molecule has 118 valence electrons. The van der Waals surface area contributed by atoms with Crippen molar-refractivity contribution >= 4 is 28.9 Å². The van der Waals surface area contributed by atoms with Crippen LogP contribution < -0.4 is 0 Å². The molecule has 1 N–H and O–H groups in total. The summed E-state index contributed by atoms with van der Waals surface area (Å²) in [6.07, 6.45) is 5.29. The van der Waals surface area contributed by atoms with E-state index in [1.54, 1.807) is 13.8 Å². The van der Waals surface area contributed by atoms with Crippen molar-refractivity contribution in [2.24, 2.45) is 5.92 Å². The van der Waals surface area contributed by atoms with E-state index in [2.05, 4.69) is 9.97 Å². The fourth-order valence-corrected chi connectivity index (χ4v) is 3.32. The van der Waals surface area contributed by atoms with Gasteiger partial charge in [-0.15, -0.1) is 0 Å². The SMILES string of the molecule is CC(C)(O)O[C@H]1C(C=O)CCC1n1ccc2c(Cl)ncnc21. The summed E-state index contributed by atoms with van der Waals surface area (Å²) >= 11 is 6.08. The molecule has 6 nitrogen and oxygen atoms in total. The third-order valence-electron chi connectivity index (χ3n) is 4.01. The monoisotopic (exact) mass is 323 g/mol. The number of aliphatic hydroxyl groups is 1. The second kappa shape index (κ2) is 5.61. The van der Waals surface area contributed by atoms with Crippen LogP contribution in [0.25, 0.3) is 11.0 Å². The number of ether oxygens (including phenoxy) is 1. The van der Waals surface area contributed by atoms with Crippen molar-refractivity contribution in [1.29, 1.82) is 0 Å². The van der Waals surface area contributed by atoms with Crippen molar-refractivity contribution < 1.29 is 14.6 Å². The molecule has 0 saturated heterocycles. The molecule has 1 aliphatic carbocycles. The number of halogens is 1. The van der Waals surface area contributed by atoms with Crippen LogP contribution in [0.3, 0.4) is 0 Å². The first-order valence-corrected chi connectivity index (χ1v) is 7.61. The quantitative estimate of drug-likeness (QED) is 0.531. The maximum Gasteiger partial charge on any atom is 0.160 e. The fourth-order valence-electron chi connectivity index (χ4n) is 3.13. The summed E-state index contributed by atoms with van der Waals surface area (Å²) in [5, 5.41) is 11.1. The third kappa shape index (κ3) is 2.74. The smallest absolute Gasteiger partial charge is 0.160 e. The average molecular weight is 324 g/mol. The molecule has 2 heterocycles. The lowest BCUT2D eigenvalue weighted by atomic mass is 10.1. The van der Waals surface area contributed by atoms with Crippen LogP contribution in [0.4, 0.5) is 0 Å². The maximum absolute atomic E-state index is 11.3. The fraction of sp³-hybridized carbons (Fsp3) is 0.533. The predicted molar refractivity (Wildman–Crippen MR) is 81.5 cm³/mol. The van der Waals surface area contributed by atoms with E-state index in [0.29, 0.717) is 17.2 Å². The Bertz CT molecular complexity index is 695. The molecule has 2 aromatic heterocycles. The molecule has 0 spiro atoms. The van der Waals surface area contributed by atoms with Crippen LogP contribution in [0.1, 0.15) is 32.7 Å². The van der Waals surface area contributed by atoms with Gasteiger partial charge in [-0.05, 0) is 32.8 Å². The highest BCUT2D eigenvalue weighted by Gasteiger charge is 2.41. The van der Waals surface area contributed by atoms with Gasteiger partial charge in [-0.25, -0.2) is 9.97 Å². The van der Waals surface area contributed by atoms with E-state index < -0.39 is 11.9 Å². The first kappa shape index (κ1) is 15.4. The summed E-state index contributed by atoms with van der Waals surface area (Å²) in [5.41, 5.74) is 0.709. The van der Waals surface area contributed by atoms with Gasteiger partial charge in [0.2, 0.25) is 0 Å². The Morgan fingerprint density at radius 1 is 1.45 bits per heavy atom. The van der Waals surface area contributed by atoms with Gasteiger partial charge in [0.1, 0.15) is 23.4 Å². The number of aldehydes is 1. The van der Waals surface area contributed by atoms with Crippen LogP contribution in [-0.4, -0.2) is 37.8 Å². The molecule has 0 amide bonds. The number of hydrogen-bond donors (Lipinski definition) is 1. The zero-order valence-corrected chi connectivity index (χ0v) is 13.2. The van der Waals surface area contributed by atoms with Crippen molar-refractivity contribution in [2.75, 3.05) is 0 Å². The van der Waals surface area contributed by atoms with Gasteiger partial charge in [-0.2, -0.15) is 0 Å². The molecule has 0 aliphatic heterocycles. The second-order valence-electron chi connectivity index (χ2n) is 6.10. The Kier molecular flexibility index (Phi) is 3.92. The molecule has 3 atom stereocenters. The standard InChI is InChI=1S/C15H18ClN3O3/c1-15(2,21)22-12-9(7-20)3-4-11(12)19-6-5-10-13(16)17-8-18-14(10)19/h5-9,11-12,21H,3-4H2,1-2H3/t9?,11?,12-/m0/s1. The highest BCUT2D eigenvalue weighted by molar-refractivity contribution is 6.33. The Hall–Kier alpha value is -1.50. The second-order valence-corrected chi connectivity index (χ2v) is 6.46. The molecule has 3 rings (SSSR count). The molecule has 2 unspecified atom stereocenters. The van der Waals surface area contributed by atoms with Crippen LogP contribution >= 0.6 is 11.6 Å². The van der Waals surface area contributed by atoms with Gasteiger partial charge in [-0.1, -0.05) is 11.6 Å². The number of nitrogens with zero attached hydrogens (tertiary/aromatic N) is 3. The van der Waals surface area contributed by atoms with Crippen molar-refractivity contribution in [2.45, 2.75) is 44.6 Å². The van der Waals surface area contributed by atoms with Crippen molar-refractivity contribution in [3.05, 3.63) is 23.7 Å². The zero-order chi connectivity index (χ0) is 15.9. The van der Waals surface area contributed by atoms with Crippen molar-refractivity contribution in [3.8, 4) is 0 Å². The van der Waals surface area contributed by atoms with E-state index >= 15 is 0 Å². The van der Waals surface area contributed by atoms with Gasteiger partial charge >= 0.3 is 0 Å². The van der Waals surface area contributed by atoms with E-state index in [-0.39, 0.29) is 12.0 Å². The number of rotatable bonds is 4. The zero-order valence-electron chi connectivity index (χ0n) is 12.4. The van der Waals surface area contributed by atoms with Crippen LogP contribution in [0.2, 0.25) is 5.15 Å². The van der Waals surface area contributed by atoms with Crippen LogP contribution in [0.5, 0.6) is 0 Å². The minimum Gasteiger partial charge on any atom is -0.366 e. The minimum atomic E-state index is -1.30. The Morgan fingerprint density at radius 3 is 2.91 bits per heavy atom. The number of aromatic nitrogens is 3. The van der Waals surface area contributed by atoms with Crippen LogP contribution in [0, 0.1) is 5.92 Å². The molecular weight excluding hydrogens is 306 g/mol. The normalized spacial score (nSPS) is 25.7. The predicted octanol–water partition coefficient (Wildman–Crippen LogP) is 2.35. The summed E-state index contributed by atoms with van der Waals surface area (Å²) < 4.78 is 7.71. The minimum absolute atomic E-state index is 0.0786. The van der Waals surface area contributed by atoms with Gasteiger partial charge in [0.05, 0.1) is 17.5 Å². The molecule has 7 heteroatoms. The number of hydrogen-bond acceptors (Lipinski definition) is 5. The summed E-state index contributed by atoms with van der Waals surface area (Å²) in [4.78, 5) is 19.6. The van der Waals surface area contributed by atoms with Gasteiger partial charge in [0.15, 0.2) is 5.79 Å². The summed E-state index contributed by atoms with van der Waals surface area (Å²) in [6.45, 7) is 3.13. The number of carbonyl (C=O) groups excluding carboxylic acids is 1. The van der Waals surface area contributed by atoms with Gasteiger partial charge < -0.3 is 19.2 Å². The van der Waals surface area contributed by atoms with Gasteiger partial charge in [0, 0.05) is 12.1 Å². The molecule has 22 heavy (non-hydrogen) atoms. The highest BCUT2D eigenvalue weighted by atomic mass is 35.5. The summed E-state index contributed by atoms with van der Waals surface area (Å²) in [5.74, 6) is -1.55. The maximum atomic E-state index is 11.3. The van der Waals surface area contributed by atoms with E-state index in [1.165, 1.54) is 6.33 Å². The molecule has 2 aromatic rings. The van der Waals surface area contributed by atoms with Crippen molar-refractivity contribution in [1.82, 2.24) is 14.5 Å². The Balaban J connectivity index is 2.01. The lowest BCUT2D eigenvalue weighted by Crippen LogP contribution is -2.37. The third-order valence-corrected chi connectivity index (χ3v) is 4.32. The topological polar surface area (TPSA) is 77.2 Å². The first-order chi connectivity index (χ1) is 10.4. The molecule has 0 aromatic carbocycles. The Labute approximate surface area is 133 Å². The Morgan fingerprint density at radius 2 is 2.23 bits per heavy atom. The van der Waals surface area contributed by atoms with Crippen LogP contribution in [0.15, 0.2) is 18.6 Å². The molecule has 0 bridgehead atoms. The number of carbonyl (C=O) groups is 1. The lowest BCUT2D eigenvalue weighted by molar-refractivity contribution is -0.217. The van der Waals surface area contributed by atoms with Gasteiger partial charge in [0.25, 0.3) is 0 Å². The first-order valence-electron chi connectivity index (χ1n) is 7.23. The molecule has 1 saturated carbocycles. The van der Waals surface area contributed by atoms with Crippen molar-refractivity contribution in [3.63, 3.8) is 0 Å². The highest BCUT2D eigenvalue weighted by Crippen LogP contribution is 2.39. The average Bonchev–Trinajstić information content (AvgIpc) is 3.01.